The van der Waals surface area contributed by atoms with E-state index in [9.17, 15) is 13.6 Å². The first-order chi connectivity index (χ1) is 10.1. The molecular weight excluding hydrogens is 278 g/mol. The maximum absolute atomic E-state index is 13.3. The zero-order valence-corrected chi connectivity index (χ0v) is 11.0. The van der Waals surface area contributed by atoms with Crippen LogP contribution in [0, 0.1) is 11.6 Å². The van der Waals surface area contributed by atoms with E-state index in [2.05, 4.69) is 9.72 Å². The molecule has 4 nitrogen and oxygen atoms in total. The number of rotatable bonds is 2. The number of methoxy groups -OCH3 is 1. The molecular formula is C15H10F2N2O2. The van der Waals surface area contributed by atoms with Crippen molar-refractivity contribution in [1.29, 1.82) is 0 Å². The second kappa shape index (κ2) is 4.97. The molecule has 106 valence electrons. The lowest BCUT2D eigenvalue weighted by molar-refractivity contribution is 0.0600. The number of carbonyl (C=O) groups is 1. The van der Waals surface area contributed by atoms with Gasteiger partial charge < -0.3 is 9.14 Å². The molecule has 3 rings (SSSR count). The van der Waals surface area contributed by atoms with Crippen molar-refractivity contribution >= 4 is 11.6 Å². The molecule has 0 bridgehead atoms. The summed E-state index contributed by atoms with van der Waals surface area (Å²) >= 11 is 0. The molecule has 0 radical (unpaired) electrons. The van der Waals surface area contributed by atoms with Crippen LogP contribution in [-0.2, 0) is 4.74 Å². The van der Waals surface area contributed by atoms with E-state index in [0.29, 0.717) is 22.5 Å². The summed E-state index contributed by atoms with van der Waals surface area (Å²) in [5.74, 6) is -2.30. The highest BCUT2D eigenvalue weighted by Crippen LogP contribution is 2.21. The van der Waals surface area contributed by atoms with Crippen molar-refractivity contribution in [3.63, 3.8) is 0 Å². The third kappa shape index (κ3) is 2.35. The second-order valence-electron chi connectivity index (χ2n) is 4.43. The lowest BCUT2D eigenvalue weighted by Crippen LogP contribution is -2.02. The Labute approximate surface area is 118 Å². The summed E-state index contributed by atoms with van der Waals surface area (Å²) in [7, 11) is 1.30. The van der Waals surface area contributed by atoms with E-state index in [1.807, 2.05) is 0 Å². The van der Waals surface area contributed by atoms with Crippen LogP contribution in [-0.4, -0.2) is 22.5 Å². The highest BCUT2D eigenvalue weighted by atomic mass is 19.2. The van der Waals surface area contributed by atoms with Crippen LogP contribution >= 0.6 is 0 Å². The molecule has 0 aliphatic heterocycles. The number of nitrogens with zero attached hydrogens (tertiary/aromatic N) is 2. The Morgan fingerprint density at radius 3 is 2.67 bits per heavy atom. The molecule has 0 spiro atoms. The van der Waals surface area contributed by atoms with E-state index in [0.717, 1.165) is 12.1 Å². The number of ether oxygens (including phenoxy) is 1. The number of esters is 1. The molecule has 2 aromatic heterocycles. The van der Waals surface area contributed by atoms with Gasteiger partial charge in [-0.05, 0) is 30.3 Å². The number of fused-ring (bicyclic) bond motifs is 1. The molecule has 0 saturated carbocycles. The lowest BCUT2D eigenvalue weighted by Gasteiger charge is -1.99. The van der Waals surface area contributed by atoms with Crippen LogP contribution < -0.4 is 0 Å². The molecule has 0 unspecified atom stereocenters. The van der Waals surface area contributed by atoms with Gasteiger partial charge in [-0.25, -0.2) is 18.6 Å². The number of imidazole rings is 1. The summed E-state index contributed by atoms with van der Waals surface area (Å²) in [6.45, 7) is 0. The minimum Gasteiger partial charge on any atom is -0.465 e. The second-order valence-corrected chi connectivity index (χ2v) is 4.43. The fourth-order valence-electron chi connectivity index (χ4n) is 2.02. The Kier molecular flexibility index (Phi) is 3.13. The molecule has 0 aliphatic rings. The summed E-state index contributed by atoms with van der Waals surface area (Å²) in [5.41, 5.74) is 1.90. The van der Waals surface area contributed by atoms with Crippen LogP contribution in [0.25, 0.3) is 16.9 Å². The Morgan fingerprint density at radius 2 is 1.95 bits per heavy atom. The smallest absolute Gasteiger partial charge is 0.339 e. The summed E-state index contributed by atoms with van der Waals surface area (Å²) in [5, 5.41) is 0. The minimum atomic E-state index is -0.931. The van der Waals surface area contributed by atoms with Gasteiger partial charge in [0.1, 0.15) is 5.65 Å². The van der Waals surface area contributed by atoms with E-state index >= 15 is 0 Å². The Bertz CT molecular complexity index is 843. The Balaban J connectivity index is 2.08. The monoisotopic (exact) mass is 288 g/mol. The molecule has 0 saturated heterocycles. The molecule has 0 aliphatic carbocycles. The SMILES string of the molecule is COC(=O)c1ccc2nc(-c3ccc(F)c(F)c3)cn2c1. The Morgan fingerprint density at radius 1 is 1.14 bits per heavy atom. The summed E-state index contributed by atoms with van der Waals surface area (Å²) in [4.78, 5) is 15.8. The average Bonchev–Trinajstić information content (AvgIpc) is 2.92. The van der Waals surface area contributed by atoms with Crippen LogP contribution in [0.5, 0.6) is 0 Å². The van der Waals surface area contributed by atoms with E-state index in [-0.39, 0.29) is 0 Å². The minimum absolute atomic E-state index is 0.374. The molecule has 0 amide bonds. The van der Waals surface area contributed by atoms with Crippen LogP contribution in [0.1, 0.15) is 10.4 Å². The number of hydrogen-bond donors (Lipinski definition) is 0. The number of pyridine rings is 1. The molecule has 6 heteroatoms. The third-order valence-electron chi connectivity index (χ3n) is 3.09. The molecule has 0 atom stereocenters. The first-order valence-electron chi connectivity index (χ1n) is 6.11. The summed E-state index contributed by atoms with van der Waals surface area (Å²) < 4.78 is 32.5. The number of benzene rings is 1. The highest BCUT2D eigenvalue weighted by Gasteiger charge is 2.10. The molecule has 1 aromatic carbocycles. The zero-order valence-electron chi connectivity index (χ0n) is 11.0. The molecule has 3 aromatic rings. The summed E-state index contributed by atoms with van der Waals surface area (Å²) in [6, 6.07) is 6.81. The maximum atomic E-state index is 13.3. The van der Waals surface area contributed by atoms with Gasteiger partial charge in [-0.1, -0.05) is 0 Å². The summed E-state index contributed by atoms with van der Waals surface area (Å²) in [6.07, 6.45) is 3.20. The standard InChI is InChI=1S/C15H10F2N2O2/c1-21-15(20)10-3-5-14-18-13(8-19(14)7-10)9-2-4-11(16)12(17)6-9/h2-8H,1H3. The Hall–Kier alpha value is -2.76. The zero-order chi connectivity index (χ0) is 15.0. The van der Waals surface area contributed by atoms with Crippen molar-refractivity contribution in [1.82, 2.24) is 9.38 Å². The van der Waals surface area contributed by atoms with Gasteiger partial charge in [-0.3, -0.25) is 0 Å². The van der Waals surface area contributed by atoms with E-state index < -0.39 is 17.6 Å². The molecule has 0 N–H and O–H groups in total. The van der Waals surface area contributed by atoms with Crippen molar-refractivity contribution in [2.75, 3.05) is 7.11 Å². The number of aromatic nitrogens is 2. The van der Waals surface area contributed by atoms with Gasteiger partial charge in [0.05, 0.1) is 18.4 Å². The first kappa shape index (κ1) is 13.2. The van der Waals surface area contributed by atoms with E-state index in [1.165, 1.54) is 13.2 Å². The third-order valence-corrected chi connectivity index (χ3v) is 3.09. The lowest BCUT2D eigenvalue weighted by atomic mass is 10.1. The number of hydrogen-bond acceptors (Lipinski definition) is 3. The van der Waals surface area contributed by atoms with Crippen molar-refractivity contribution < 1.29 is 18.3 Å². The van der Waals surface area contributed by atoms with Crippen molar-refractivity contribution in [3.05, 3.63) is 59.9 Å². The van der Waals surface area contributed by atoms with Gasteiger partial charge in [0.2, 0.25) is 0 Å². The van der Waals surface area contributed by atoms with Crippen molar-refractivity contribution in [3.8, 4) is 11.3 Å². The van der Waals surface area contributed by atoms with Crippen LogP contribution in [0.3, 0.4) is 0 Å². The topological polar surface area (TPSA) is 43.6 Å². The average molecular weight is 288 g/mol. The van der Waals surface area contributed by atoms with Gasteiger partial charge in [0.25, 0.3) is 0 Å². The molecule has 21 heavy (non-hydrogen) atoms. The number of carbonyl (C=O) groups excluding carboxylic acids is 1. The fraction of sp³-hybridized carbons (Fsp3) is 0.0667. The van der Waals surface area contributed by atoms with Crippen LogP contribution in [0.4, 0.5) is 8.78 Å². The highest BCUT2D eigenvalue weighted by molar-refractivity contribution is 5.89. The van der Waals surface area contributed by atoms with E-state index in [4.69, 9.17) is 0 Å². The van der Waals surface area contributed by atoms with Crippen molar-refractivity contribution in [2.24, 2.45) is 0 Å². The quantitative estimate of drug-likeness (QED) is 0.681. The van der Waals surface area contributed by atoms with Gasteiger partial charge in [0.15, 0.2) is 11.6 Å². The van der Waals surface area contributed by atoms with E-state index in [1.54, 1.807) is 28.9 Å². The van der Waals surface area contributed by atoms with Crippen LogP contribution in [0.15, 0.2) is 42.7 Å². The molecule has 2 heterocycles. The van der Waals surface area contributed by atoms with Crippen molar-refractivity contribution in [2.45, 2.75) is 0 Å². The van der Waals surface area contributed by atoms with Gasteiger partial charge in [-0.15, -0.1) is 0 Å². The fourth-order valence-corrected chi connectivity index (χ4v) is 2.02. The predicted octanol–water partition coefficient (Wildman–Crippen LogP) is 3.07. The maximum Gasteiger partial charge on any atom is 0.339 e. The van der Waals surface area contributed by atoms with Gasteiger partial charge in [0, 0.05) is 18.0 Å². The van der Waals surface area contributed by atoms with Crippen LogP contribution in [0.2, 0.25) is 0 Å². The van der Waals surface area contributed by atoms with Gasteiger partial charge in [-0.2, -0.15) is 0 Å². The van der Waals surface area contributed by atoms with Gasteiger partial charge >= 0.3 is 5.97 Å². The largest absolute Gasteiger partial charge is 0.465 e. The predicted molar refractivity (Wildman–Crippen MR) is 71.9 cm³/mol. The number of halogens is 2. The molecule has 0 fully saturated rings. The normalized spacial score (nSPS) is 10.8. The first-order valence-corrected chi connectivity index (χ1v) is 6.11.